The van der Waals surface area contributed by atoms with Crippen molar-refractivity contribution < 1.29 is 19.1 Å². The van der Waals surface area contributed by atoms with Gasteiger partial charge in [-0.3, -0.25) is 9.59 Å². The SMILES string of the molecule is Cc1ccc(C(=O)N2CCCC23CCN(C(=O)OC(C)(C)C)CC3)c(C=O)c1. The quantitative estimate of drug-likeness (QED) is 0.725. The first-order chi connectivity index (χ1) is 13.1. The maximum atomic E-state index is 13.3. The number of carbonyl (C=O) groups is 3. The van der Waals surface area contributed by atoms with E-state index in [1.165, 1.54) is 0 Å². The number of piperidine rings is 1. The summed E-state index contributed by atoms with van der Waals surface area (Å²) in [5, 5.41) is 0. The molecule has 6 heteroatoms. The fraction of sp³-hybridized carbons (Fsp3) is 0.591. The monoisotopic (exact) mass is 386 g/mol. The van der Waals surface area contributed by atoms with E-state index in [0.29, 0.717) is 30.8 Å². The summed E-state index contributed by atoms with van der Waals surface area (Å²) in [6.45, 7) is 9.34. The summed E-state index contributed by atoms with van der Waals surface area (Å²) in [5.74, 6) is -0.0784. The Morgan fingerprint density at radius 3 is 2.39 bits per heavy atom. The molecule has 2 heterocycles. The predicted molar refractivity (Wildman–Crippen MR) is 107 cm³/mol. The van der Waals surface area contributed by atoms with E-state index < -0.39 is 5.60 Å². The highest BCUT2D eigenvalue weighted by Crippen LogP contribution is 2.39. The minimum absolute atomic E-state index is 0.0784. The minimum atomic E-state index is -0.516. The van der Waals surface area contributed by atoms with Crippen LogP contribution in [0, 0.1) is 6.92 Å². The molecule has 0 saturated carbocycles. The molecule has 2 saturated heterocycles. The fourth-order valence-corrected chi connectivity index (χ4v) is 4.33. The molecule has 0 unspecified atom stereocenters. The normalized spacial score (nSPS) is 19.0. The third-order valence-electron chi connectivity index (χ3n) is 5.75. The van der Waals surface area contributed by atoms with Crippen molar-refractivity contribution in [1.29, 1.82) is 0 Å². The standard InChI is InChI=1S/C22H30N2O4/c1-16-6-7-18(17(14-16)15-25)19(26)24-11-5-8-22(24)9-12-23(13-10-22)20(27)28-21(2,3)4/h6-7,14-15H,5,8-13H2,1-4H3. The molecule has 1 spiro atoms. The first-order valence-corrected chi connectivity index (χ1v) is 10.0. The maximum absolute atomic E-state index is 13.3. The average molecular weight is 386 g/mol. The van der Waals surface area contributed by atoms with Crippen molar-refractivity contribution in [3.63, 3.8) is 0 Å². The van der Waals surface area contributed by atoms with Gasteiger partial charge in [-0.05, 0) is 65.5 Å². The zero-order valence-electron chi connectivity index (χ0n) is 17.3. The molecular weight excluding hydrogens is 356 g/mol. The summed E-state index contributed by atoms with van der Waals surface area (Å²) in [6.07, 6.45) is 3.82. The van der Waals surface area contributed by atoms with Gasteiger partial charge >= 0.3 is 6.09 Å². The second-order valence-electron chi connectivity index (χ2n) is 8.96. The number of hydrogen-bond donors (Lipinski definition) is 0. The third-order valence-corrected chi connectivity index (χ3v) is 5.75. The molecule has 0 bridgehead atoms. The molecule has 1 aromatic carbocycles. The topological polar surface area (TPSA) is 66.9 Å². The second kappa shape index (κ2) is 7.57. The van der Waals surface area contributed by atoms with Crippen LogP contribution in [0.4, 0.5) is 4.79 Å². The summed E-state index contributed by atoms with van der Waals surface area (Å²) in [6, 6.07) is 5.38. The van der Waals surface area contributed by atoms with E-state index in [1.807, 2.05) is 38.7 Å². The van der Waals surface area contributed by atoms with Crippen LogP contribution in [0.5, 0.6) is 0 Å². The number of aldehydes is 1. The zero-order chi connectivity index (χ0) is 20.5. The smallest absolute Gasteiger partial charge is 0.410 e. The Hall–Kier alpha value is -2.37. The van der Waals surface area contributed by atoms with Crippen molar-refractivity contribution in [2.24, 2.45) is 0 Å². The van der Waals surface area contributed by atoms with Gasteiger partial charge in [0.1, 0.15) is 5.60 Å². The Kier molecular flexibility index (Phi) is 5.50. The Labute approximate surface area is 166 Å². The van der Waals surface area contributed by atoms with E-state index in [1.54, 1.807) is 17.0 Å². The molecule has 152 valence electrons. The molecular formula is C22H30N2O4. The summed E-state index contributed by atoms with van der Waals surface area (Å²) in [4.78, 5) is 40.8. The Balaban J connectivity index is 1.74. The Morgan fingerprint density at radius 1 is 1.11 bits per heavy atom. The number of rotatable bonds is 2. The van der Waals surface area contributed by atoms with Crippen LogP contribution in [0.15, 0.2) is 18.2 Å². The first-order valence-electron chi connectivity index (χ1n) is 10.0. The van der Waals surface area contributed by atoms with Gasteiger partial charge in [-0.2, -0.15) is 0 Å². The molecule has 6 nitrogen and oxygen atoms in total. The van der Waals surface area contributed by atoms with Crippen LogP contribution in [0.25, 0.3) is 0 Å². The van der Waals surface area contributed by atoms with Gasteiger partial charge in [-0.1, -0.05) is 11.6 Å². The molecule has 0 aliphatic carbocycles. The lowest BCUT2D eigenvalue weighted by Crippen LogP contribution is -2.55. The van der Waals surface area contributed by atoms with Crippen molar-refractivity contribution in [2.45, 2.75) is 64.5 Å². The number of benzene rings is 1. The molecule has 0 N–H and O–H groups in total. The highest BCUT2D eigenvalue weighted by molar-refractivity contribution is 6.02. The van der Waals surface area contributed by atoms with Gasteiger partial charge in [0.15, 0.2) is 6.29 Å². The van der Waals surface area contributed by atoms with E-state index in [9.17, 15) is 14.4 Å². The number of amides is 2. The van der Waals surface area contributed by atoms with Crippen molar-refractivity contribution in [3.05, 3.63) is 34.9 Å². The number of aryl methyl sites for hydroxylation is 1. The molecule has 0 aromatic heterocycles. The van der Waals surface area contributed by atoms with Gasteiger partial charge in [0.25, 0.3) is 5.91 Å². The van der Waals surface area contributed by atoms with Crippen LogP contribution in [-0.2, 0) is 4.74 Å². The van der Waals surface area contributed by atoms with E-state index in [2.05, 4.69) is 0 Å². The number of hydrogen-bond acceptors (Lipinski definition) is 4. The molecule has 2 fully saturated rings. The third kappa shape index (κ3) is 4.05. The molecule has 2 aliphatic heterocycles. The number of likely N-dealkylation sites (tertiary alicyclic amines) is 2. The van der Waals surface area contributed by atoms with Crippen LogP contribution in [0.1, 0.15) is 72.7 Å². The first kappa shape index (κ1) is 20.4. The predicted octanol–water partition coefficient (Wildman–Crippen LogP) is 3.81. The van der Waals surface area contributed by atoms with Crippen molar-refractivity contribution in [2.75, 3.05) is 19.6 Å². The summed E-state index contributed by atoms with van der Waals surface area (Å²) < 4.78 is 5.48. The average Bonchev–Trinajstić information content (AvgIpc) is 3.03. The van der Waals surface area contributed by atoms with Crippen molar-refractivity contribution >= 4 is 18.3 Å². The highest BCUT2D eigenvalue weighted by Gasteiger charge is 2.46. The van der Waals surface area contributed by atoms with Crippen LogP contribution in [0.2, 0.25) is 0 Å². The summed E-state index contributed by atoms with van der Waals surface area (Å²) in [5.41, 5.74) is 1.12. The second-order valence-corrected chi connectivity index (χ2v) is 8.96. The lowest BCUT2D eigenvalue weighted by molar-refractivity contribution is 0.00460. The number of nitrogens with zero attached hydrogens (tertiary/aromatic N) is 2. The van der Waals surface area contributed by atoms with Crippen LogP contribution in [0.3, 0.4) is 0 Å². The zero-order valence-corrected chi connectivity index (χ0v) is 17.3. The van der Waals surface area contributed by atoms with Gasteiger partial charge in [0.05, 0.1) is 5.56 Å². The van der Waals surface area contributed by atoms with Crippen LogP contribution < -0.4 is 0 Å². The van der Waals surface area contributed by atoms with E-state index in [-0.39, 0.29) is 17.5 Å². The molecule has 2 aliphatic rings. The van der Waals surface area contributed by atoms with Crippen LogP contribution >= 0.6 is 0 Å². The van der Waals surface area contributed by atoms with Gasteiger partial charge < -0.3 is 14.5 Å². The summed E-state index contributed by atoms with van der Waals surface area (Å²) in [7, 11) is 0. The fourth-order valence-electron chi connectivity index (χ4n) is 4.33. The van der Waals surface area contributed by atoms with Crippen LogP contribution in [-0.4, -0.2) is 58.9 Å². The van der Waals surface area contributed by atoms with Gasteiger partial charge in [0.2, 0.25) is 0 Å². The molecule has 1 aromatic rings. The summed E-state index contributed by atoms with van der Waals surface area (Å²) >= 11 is 0. The van der Waals surface area contributed by atoms with Gasteiger partial charge in [-0.25, -0.2) is 4.79 Å². The molecule has 28 heavy (non-hydrogen) atoms. The van der Waals surface area contributed by atoms with Crippen molar-refractivity contribution in [3.8, 4) is 0 Å². The molecule has 0 atom stereocenters. The lowest BCUT2D eigenvalue weighted by Gasteiger charge is -2.45. The minimum Gasteiger partial charge on any atom is -0.444 e. The molecule has 3 rings (SSSR count). The van der Waals surface area contributed by atoms with Gasteiger partial charge in [0, 0.05) is 30.7 Å². The highest BCUT2D eigenvalue weighted by atomic mass is 16.6. The number of ether oxygens (including phenoxy) is 1. The number of carbonyl (C=O) groups excluding carboxylic acids is 3. The van der Waals surface area contributed by atoms with Gasteiger partial charge in [-0.15, -0.1) is 0 Å². The maximum Gasteiger partial charge on any atom is 0.410 e. The lowest BCUT2D eigenvalue weighted by atomic mass is 9.84. The largest absolute Gasteiger partial charge is 0.444 e. The van der Waals surface area contributed by atoms with Crippen molar-refractivity contribution in [1.82, 2.24) is 9.80 Å². The molecule has 0 radical (unpaired) electrons. The molecule has 2 amide bonds. The Bertz CT molecular complexity index is 773. The van der Waals surface area contributed by atoms with E-state index in [4.69, 9.17) is 4.74 Å². The van der Waals surface area contributed by atoms with E-state index in [0.717, 1.165) is 37.5 Å². The Morgan fingerprint density at radius 2 is 1.79 bits per heavy atom. The van der Waals surface area contributed by atoms with E-state index >= 15 is 0 Å².